The maximum atomic E-state index is 12.3. The van der Waals surface area contributed by atoms with Crippen molar-refractivity contribution in [3.63, 3.8) is 0 Å². The number of thiazole rings is 1. The van der Waals surface area contributed by atoms with E-state index in [0.29, 0.717) is 24.2 Å². The van der Waals surface area contributed by atoms with Gasteiger partial charge in [0.05, 0.1) is 10.7 Å². The maximum Gasteiger partial charge on any atom is 0.266 e. The normalized spacial score (nSPS) is 18.9. The molecule has 0 aromatic carbocycles. The highest BCUT2D eigenvalue weighted by Gasteiger charge is 2.23. The van der Waals surface area contributed by atoms with Gasteiger partial charge >= 0.3 is 0 Å². The minimum absolute atomic E-state index is 0.0461. The summed E-state index contributed by atoms with van der Waals surface area (Å²) in [6.07, 6.45) is 11.1. The number of likely N-dealkylation sites (tertiary alicyclic amines) is 1. The third-order valence-electron chi connectivity index (χ3n) is 6.39. The first-order valence-electron chi connectivity index (χ1n) is 11.0. The lowest BCUT2D eigenvalue weighted by Crippen LogP contribution is -2.36. The van der Waals surface area contributed by atoms with E-state index in [2.05, 4.69) is 20.5 Å². The molecule has 0 bridgehead atoms. The molecule has 0 spiro atoms. The molecule has 3 aromatic heterocycles. The third kappa shape index (κ3) is 4.39. The van der Waals surface area contributed by atoms with Crippen molar-refractivity contribution >= 4 is 11.3 Å². The van der Waals surface area contributed by atoms with E-state index in [1.807, 2.05) is 23.6 Å². The van der Waals surface area contributed by atoms with Crippen LogP contribution in [0.15, 0.2) is 40.8 Å². The lowest BCUT2D eigenvalue weighted by Gasteiger charge is -2.31. The summed E-state index contributed by atoms with van der Waals surface area (Å²) in [7, 11) is 0. The highest BCUT2D eigenvalue weighted by molar-refractivity contribution is 7.09. The van der Waals surface area contributed by atoms with Gasteiger partial charge in [-0.3, -0.25) is 9.69 Å². The van der Waals surface area contributed by atoms with Gasteiger partial charge in [-0.25, -0.2) is 14.3 Å². The fraction of sp³-hybridized carbons (Fsp3) is 0.545. The molecule has 0 amide bonds. The van der Waals surface area contributed by atoms with Gasteiger partial charge in [0, 0.05) is 42.8 Å². The molecular weight excluding hydrogens is 396 g/mol. The second-order valence-corrected chi connectivity index (χ2v) is 9.43. The number of piperidine rings is 1. The lowest BCUT2D eigenvalue weighted by molar-refractivity contribution is 0.162. The molecule has 7 nitrogen and oxygen atoms in total. The lowest BCUT2D eigenvalue weighted by atomic mass is 9.97. The Kier molecular flexibility index (Phi) is 5.77. The minimum Gasteiger partial charge on any atom is -0.297 e. The van der Waals surface area contributed by atoms with Gasteiger partial charge in [-0.2, -0.15) is 5.10 Å². The molecule has 2 fully saturated rings. The Morgan fingerprint density at radius 3 is 2.70 bits per heavy atom. The predicted octanol–water partition coefficient (Wildman–Crippen LogP) is 3.46. The Hall–Kier alpha value is -2.32. The van der Waals surface area contributed by atoms with Gasteiger partial charge in [-0.05, 0) is 56.8 Å². The van der Waals surface area contributed by atoms with Gasteiger partial charge < -0.3 is 0 Å². The monoisotopic (exact) mass is 424 g/mol. The first-order chi connectivity index (χ1) is 14.7. The van der Waals surface area contributed by atoms with E-state index >= 15 is 0 Å². The van der Waals surface area contributed by atoms with Crippen molar-refractivity contribution in [3.05, 3.63) is 57.0 Å². The van der Waals surface area contributed by atoms with Crippen LogP contribution in [-0.4, -0.2) is 42.5 Å². The second-order valence-electron chi connectivity index (χ2n) is 8.54. The standard InChI is InChI=1S/C22H28N6OS/c29-21-7-6-20(27-11-3-10-23-27)25-28(21)14-17-8-12-26(13-9-17)15-19-16-30-22(24-19)18-4-1-2-5-18/h3,6-7,10-11,16-18H,1-2,4-5,8-9,12-15H2. The Morgan fingerprint density at radius 1 is 1.10 bits per heavy atom. The van der Waals surface area contributed by atoms with Crippen molar-refractivity contribution in [2.45, 2.75) is 57.5 Å². The van der Waals surface area contributed by atoms with Crippen LogP contribution in [0.5, 0.6) is 0 Å². The number of rotatable bonds is 6. The molecule has 3 aromatic rings. The van der Waals surface area contributed by atoms with E-state index in [1.54, 1.807) is 27.7 Å². The molecule has 8 heteroatoms. The van der Waals surface area contributed by atoms with Crippen molar-refractivity contribution in [2.24, 2.45) is 5.92 Å². The molecule has 0 N–H and O–H groups in total. The molecule has 1 saturated carbocycles. The summed E-state index contributed by atoms with van der Waals surface area (Å²) in [6.45, 7) is 3.72. The first kappa shape index (κ1) is 19.6. The summed E-state index contributed by atoms with van der Waals surface area (Å²) in [5, 5.41) is 12.3. The zero-order valence-electron chi connectivity index (χ0n) is 17.2. The Labute approximate surface area is 180 Å². The van der Waals surface area contributed by atoms with Crippen LogP contribution >= 0.6 is 11.3 Å². The predicted molar refractivity (Wildman–Crippen MR) is 117 cm³/mol. The second kappa shape index (κ2) is 8.81. The van der Waals surface area contributed by atoms with Gasteiger partial charge in [0.1, 0.15) is 0 Å². The van der Waals surface area contributed by atoms with E-state index in [9.17, 15) is 4.79 Å². The quantitative estimate of drug-likeness (QED) is 0.606. The molecule has 1 aliphatic heterocycles. The van der Waals surface area contributed by atoms with E-state index in [-0.39, 0.29) is 5.56 Å². The van der Waals surface area contributed by atoms with Gasteiger partial charge in [0.2, 0.25) is 0 Å². The fourth-order valence-electron chi connectivity index (χ4n) is 4.65. The van der Waals surface area contributed by atoms with Crippen molar-refractivity contribution in [1.29, 1.82) is 0 Å². The Bertz CT molecular complexity index is 1010. The third-order valence-corrected chi connectivity index (χ3v) is 7.45. The minimum atomic E-state index is -0.0461. The van der Waals surface area contributed by atoms with E-state index < -0.39 is 0 Å². The highest BCUT2D eigenvalue weighted by atomic mass is 32.1. The molecule has 0 unspecified atom stereocenters. The summed E-state index contributed by atoms with van der Waals surface area (Å²) in [4.78, 5) is 19.7. The van der Waals surface area contributed by atoms with Crippen molar-refractivity contribution in [1.82, 2.24) is 29.4 Å². The summed E-state index contributed by atoms with van der Waals surface area (Å²) in [5.41, 5.74) is 1.18. The molecule has 0 atom stereocenters. The molecular formula is C22H28N6OS. The smallest absolute Gasteiger partial charge is 0.266 e. The molecule has 158 valence electrons. The van der Waals surface area contributed by atoms with Crippen LogP contribution in [0.1, 0.15) is 55.1 Å². The van der Waals surface area contributed by atoms with Crippen LogP contribution in [0.4, 0.5) is 0 Å². The van der Waals surface area contributed by atoms with E-state index in [4.69, 9.17) is 4.98 Å². The largest absolute Gasteiger partial charge is 0.297 e. The number of aromatic nitrogens is 5. The summed E-state index contributed by atoms with van der Waals surface area (Å²) in [6, 6.07) is 5.16. The zero-order valence-corrected chi connectivity index (χ0v) is 18.0. The van der Waals surface area contributed by atoms with Crippen LogP contribution in [-0.2, 0) is 13.1 Å². The highest BCUT2D eigenvalue weighted by Crippen LogP contribution is 2.35. The molecule has 1 saturated heterocycles. The number of hydrogen-bond acceptors (Lipinski definition) is 6. The zero-order chi connectivity index (χ0) is 20.3. The average molecular weight is 425 g/mol. The molecule has 2 aliphatic rings. The van der Waals surface area contributed by atoms with Crippen LogP contribution in [0.3, 0.4) is 0 Å². The van der Waals surface area contributed by atoms with Gasteiger partial charge in [-0.1, -0.05) is 12.8 Å². The summed E-state index contributed by atoms with van der Waals surface area (Å²) in [5.74, 6) is 1.86. The fourth-order valence-corrected chi connectivity index (χ4v) is 5.63. The van der Waals surface area contributed by atoms with Gasteiger partial charge in [0.25, 0.3) is 5.56 Å². The Balaban J connectivity index is 1.16. The maximum absolute atomic E-state index is 12.3. The number of hydrogen-bond donors (Lipinski definition) is 0. The molecule has 4 heterocycles. The van der Waals surface area contributed by atoms with Gasteiger partial charge in [0.15, 0.2) is 5.82 Å². The van der Waals surface area contributed by atoms with E-state index in [1.165, 1.54) is 36.4 Å². The van der Waals surface area contributed by atoms with Crippen molar-refractivity contribution in [2.75, 3.05) is 13.1 Å². The van der Waals surface area contributed by atoms with Gasteiger partial charge in [-0.15, -0.1) is 16.4 Å². The molecule has 0 radical (unpaired) electrons. The SMILES string of the molecule is O=c1ccc(-n2cccn2)nn1CC1CCN(Cc2csc(C3CCCC3)n2)CC1. The van der Waals surface area contributed by atoms with Crippen LogP contribution < -0.4 is 5.56 Å². The van der Waals surface area contributed by atoms with Crippen LogP contribution in [0, 0.1) is 5.92 Å². The topological polar surface area (TPSA) is 68.8 Å². The first-order valence-corrected chi connectivity index (χ1v) is 11.9. The van der Waals surface area contributed by atoms with Crippen molar-refractivity contribution < 1.29 is 0 Å². The molecule has 1 aliphatic carbocycles. The van der Waals surface area contributed by atoms with Crippen molar-refractivity contribution in [3.8, 4) is 5.82 Å². The van der Waals surface area contributed by atoms with Crippen LogP contribution in [0.25, 0.3) is 5.82 Å². The Morgan fingerprint density at radius 2 is 1.93 bits per heavy atom. The molecule has 30 heavy (non-hydrogen) atoms. The molecule has 5 rings (SSSR count). The van der Waals surface area contributed by atoms with Crippen LogP contribution in [0.2, 0.25) is 0 Å². The average Bonchev–Trinajstić information content (AvgIpc) is 3.53. The summed E-state index contributed by atoms with van der Waals surface area (Å²) < 4.78 is 3.29. The summed E-state index contributed by atoms with van der Waals surface area (Å²) >= 11 is 1.85. The number of nitrogens with zero attached hydrogens (tertiary/aromatic N) is 6. The van der Waals surface area contributed by atoms with E-state index in [0.717, 1.165) is 32.5 Å².